The molecule has 0 heterocycles. The van der Waals surface area contributed by atoms with Gasteiger partial charge in [0.1, 0.15) is 0 Å². The van der Waals surface area contributed by atoms with Crippen LogP contribution in [0.3, 0.4) is 0 Å². The van der Waals surface area contributed by atoms with Gasteiger partial charge in [0.25, 0.3) is 0 Å². The maximum atomic E-state index is 5.96. The van der Waals surface area contributed by atoms with E-state index in [2.05, 4.69) is 36.2 Å². The highest BCUT2D eigenvalue weighted by atomic mass is 15.2. The van der Waals surface area contributed by atoms with Crippen molar-refractivity contribution in [2.24, 2.45) is 10.7 Å². The van der Waals surface area contributed by atoms with Crippen LogP contribution < -0.4 is 5.73 Å². The summed E-state index contributed by atoms with van der Waals surface area (Å²) in [5, 5.41) is 0. The van der Waals surface area contributed by atoms with Crippen LogP contribution in [0.5, 0.6) is 0 Å². The predicted octanol–water partition coefficient (Wildman–Crippen LogP) is 2.54. The molecule has 0 fully saturated rings. The molecule has 0 aliphatic carbocycles. The van der Waals surface area contributed by atoms with Crippen LogP contribution in [0.4, 0.5) is 0 Å². The van der Waals surface area contributed by atoms with Crippen LogP contribution in [-0.2, 0) is 6.54 Å². The van der Waals surface area contributed by atoms with Crippen molar-refractivity contribution in [3.8, 4) is 0 Å². The zero-order valence-electron chi connectivity index (χ0n) is 11.5. The van der Waals surface area contributed by atoms with Gasteiger partial charge in [-0.05, 0) is 33.3 Å². The third kappa shape index (κ3) is 4.89. The summed E-state index contributed by atoms with van der Waals surface area (Å²) in [6.45, 7) is 8.99. The fraction of sp³-hybridized carbons (Fsp3) is 0.500. The summed E-state index contributed by atoms with van der Waals surface area (Å²) >= 11 is 0. The molecule has 17 heavy (non-hydrogen) atoms. The van der Waals surface area contributed by atoms with E-state index in [4.69, 9.17) is 5.73 Å². The van der Waals surface area contributed by atoms with E-state index < -0.39 is 0 Å². The number of rotatable bonds is 2. The summed E-state index contributed by atoms with van der Waals surface area (Å²) in [5.74, 6) is 0.582. The minimum Gasteiger partial charge on any atom is -0.370 e. The van der Waals surface area contributed by atoms with Crippen LogP contribution in [0.1, 0.15) is 31.9 Å². The molecule has 0 unspecified atom stereocenters. The first-order valence-electron chi connectivity index (χ1n) is 5.90. The van der Waals surface area contributed by atoms with E-state index in [1.807, 2.05) is 32.7 Å². The molecule has 0 atom stereocenters. The van der Waals surface area contributed by atoms with E-state index in [0.717, 1.165) is 6.54 Å². The number of guanidine groups is 1. The first-order chi connectivity index (χ1) is 7.78. The Morgan fingerprint density at radius 1 is 1.24 bits per heavy atom. The van der Waals surface area contributed by atoms with Crippen LogP contribution in [0.25, 0.3) is 0 Å². The fourth-order valence-corrected chi connectivity index (χ4v) is 1.48. The Bertz CT molecular complexity index is 385. The van der Waals surface area contributed by atoms with Crippen molar-refractivity contribution in [2.45, 2.75) is 39.8 Å². The van der Waals surface area contributed by atoms with Crippen molar-refractivity contribution >= 4 is 5.96 Å². The van der Waals surface area contributed by atoms with Crippen LogP contribution in [0.15, 0.2) is 29.3 Å². The lowest BCUT2D eigenvalue weighted by atomic mass is 10.1. The van der Waals surface area contributed by atoms with Gasteiger partial charge in [-0.1, -0.05) is 29.8 Å². The number of nitrogens with two attached hydrogens (primary N) is 1. The van der Waals surface area contributed by atoms with Crippen molar-refractivity contribution in [3.05, 3.63) is 35.4 Å². The van der Waals surface area contributed by atoms with E-state index in [9.17, 15) is 0 Å². The first-order valence-corrected chi connectivity index (χ1v) is 5.90. The maximum Gasteiger partial charge on any atom is 0.191 e. The molecule has 3 nitrogen and oxygen atoms in total. The van der Waals surface area contributed by atoms with Crippen LogP contribution in [0.2, 0.25) is 0 Å². The Balaban J connectivity index is 2.69. The highest BCUT2D eigenvalue weighted by Crippen LogP contribution is 2.09. The minimum absolute atomic E-state index is 0.133. The Labute approximate surface area is 104 Å². The summed E-state index contributed by atoms with van der Waals surface area (Å²) < 4.78 is 0. The largest absolute Gasteiger partial charge is 0.370 e. The molecule has 0 radical (unpaired) electrons. The lowest BCUT2D eigenvalue weighted by Gasteiger charge is -2.22. The second-order valence-electron chi connectivity index (χ2n) is 5.48. The molecule has 0 aromatic heterocycles. The van der Waals surface area contributed by atoms with Gasteiger partial charge < -0.3 is 10.6 Å². The molecule has 1 aromatic carbocycles. The topological polar surface area (TPSA) is 41.6 Å². The Morgan fingerprint density at radius 3 is 2.24 bits per heavy atom. The number of benzene rings is 1. The lowest BCUT2D eigenvalue weighted by Crippen LogP contribution is -2.35. The van der Waals surface area contributed by atoms with E-state index >= 15 is 0 Å². The normalized spacial score (nSPS) is 12.6. The standard InChI is InChI=1S/C14H23N3/c1-11-6-8-12(9-7-11)10-17(5)13(15)16-14(2,3)4/h6-9H,10H2,1-5H3,(H2,15,16). The average molecular weight is 233 g/mol. The monoisotopic (exact) mass is 233 g/mol. The molecule has 0 aliphatic heterocycles. The molecule has 0 spiro atoms. The van der Waals surface area contributed by atoms with E-state index in [1.165, 1.54) is 11.1 Å². The number of hydrogen-bond acceptors (Lipinski definition) is 1. The highest BCUT2D eigenvalue weighted by molar-refractivity contribution is 5.78. The molecule has 0 aliphatic rings. The maximum absolute atomic E-state index is 5.96. The van der Waals surface area contributed by atoms with E-state index in [-0.39, 0.29) is 5.54 Å². The van der Waals surface area contributed by atoms with Crippen molar-refractivity contribution < 1.29 is 0 Å². The molecule has 0 amide bonds. The molecule has 94 valence electrons. The molecule has 1 rings (SSSR count). The third-order valence-electron chi connectivity index (χ3n) is 2.38. The van der Waals surface area contributed by atoms with Crippen LogP contribution >= 0.6 is 0 Å². The Kier molecular flexibility index (Phi) is 4.16. The van der Waals surface area contributed by atoms with Gasteiger partial charge in [0.05, 0.1) is 5.54 Å². The number of nitrogens with zero attached hydrogens (tertiary/aromatic N) is 2. The molecular weight excluding hydrogens is 210 g/mol. The summed E-state index contributed by atoms with van der Waals surface area (Å²) in [7, 11) is 1.96. The van der Waals surface area contributed by atoms with Gasteiger partial charge in [-0.3, -0.25) is 0 Å². The summed E-state index contributed by atoms with van der Waals surface area (Å²) in [4.78, 5) is 6.41. The van der Waals surface area contributed by atoms with Crippen molar-refractivity contribution in [3.63, 3.8) is 0 Å². The zero-order valence-corrected chi connectivity index (χ0v) is 11.5. The van der Waals surface area contributed by atoms with Crippen molar-refractivity contribution in [1.82, 2.24) is 4.90 Å². The quantitative estimate of drug-likeness (QED) is 0.630. The molecule has 3 heteroatoms. The highest BCUT2D eigenvalue weighted by Gasteiger charge is 2.10. The van der Waals surface area contributed by atoms with Gasteiger partial charge in [0, 0.05) is 13.6 Å². The second-order valence-corrected chi connectivity index (χ2v) is 5.48. The average Bonchev–Trinajstić information content (AvgIpc) is 2.19. The van der Waals surface area contributed by atoms with Gasteiger partial charge in [-0.15, -0.1) is 0 Å². The van der Waals surface area contributed by atoms with Gasteiger partial charge in [-0.25, -0.2) is 4.99 Å². The Morgan fingerprint density at radius 2 is 1.76 bits per heavy atom. The Hall–Kier alpha value is -1.51. The molecule has 0 bridgehead atoms. The predicted molar refractivity (Wildman–Crippen MR) is 74.0 cm³/mol. The molecule has 0 saturated heterocycles. The minimum atomic E-state index is -0.133. The van der Waals surface area contributed by atoms with Gasteiger partial charge in [0.2, 0.25) is 0 Å². The molecular formula is C14H23N3. The molecule has 0 saturated carbocycles. The van der Waals surface area contributed by atoms with Crippen LogP contribution in [0, 0.1) is 6.92 Å². The zero-order chi connectivity index (χ0) is 13.1. The van der Waals surface area contributed by atoms with E-state index in [1.54, 1.807) is 0 Å². The third-order valence-corrected chi connectivity index (χ3v) is 2.38. The van der Waals surface area contributed by atoms with Gasteiger partial charge in [0.15, 0.2) is 5.96 Å². The van der Waals surface area contributed by atoms with Crippen LogP contribution in [-0.4, -0.2) is 23.4 Å². The fourth-order valence-electron chi connectivity index (χ4n) is 1.48. The summed E-state index contributed by atoms with van der Waals surface area (Å²) in [6.07, 6.45) is 0. The SMILES string of the molecule is Cc1ccc(CN(C)C(N)=NC(C)(C)C)cc1. The number of aryl methyl sites for hydroxylation is 1. The van der Waals surface area contributed by atoms with Crippen molar-refractivity contribution in [2.75, 3.05) is 7.05 Å². The molecule has 1 aromatic rings. The molecule has 2 N–H and O–H groups in total. The summed E-state index contributed by atoms with van der Waals surface area (Å²) in [6, 6.07) is 8.47. The smallest absolute Gasteiger partial charge is 0.191 e. The number of hydrogen-bond donors (Lipinski definition) is 1. The van der Waals surface area contributed by atoms with Gasteiger partial charge in [-0.2, -0.15) is 0 Å². The lowest BCUT2D eigenvalue weighted by molar-refractivity contribution is 0.474. The van der Waals surface area contributed by atoms with Crippen molar-refractivity contribution in [1.29, 1.82) is 0 Å². The van der Waals surface area contributed by atoms with Gasteiger partial charge >= 0.3 is 0 Å². The first kappa shape index (κ1) is 13.6. The summed E-state index contributed by atoms with van der Waals surface area (Å²) in [5.41, 5.74) is 8.34. The number of aliphatic imine (C=N–C) groups is 1. The second kappa shape index (κ2) is 5.21. The van der Waals surface area contributed by atoms with E-state index in [0.29, 0.717) is 5.96 Å².